The summed E-state index contributed by atoms with van der Waals surface area (Å²) in [6.45, 7) is 11.2. The number of rotatable bonds is 8. The van der Waals surface area contributed by atoms with Crippen LogP contribution in [0.5, 0.6) is 0 Å². The van der Waals surface area contributed by atoms with Gasteiger partial charge in [0.15, 0.2) is 0 Å². The molecule has 0 aliphatic carbocycles. The molecular weight excluding hydrogens is 372 g/mol. The van der Waals surface area contributed by atoms with E-state index in [9.17, 15) is 0 Å². The summed E-state index contributed by atoms with van der Waals surface area (Å²) < 4.78 is 0. The van der Waals surface area contributed by atoms with Crippen LogP contribution in [0, 0.1) is 0 Å². The monoisotopic (exact) mass is 416 g/mol. The number of hydrogen-bond acceptors (Lipinski definition) is 0. The summed E-state index contributed by atoms with van der Waals surface area (Å²) in [5.41, 5.74) is 4.38. The minimum absolute atomic E-state index is 0.709. The van der Waals surface area contributed by atoms with Crippen molar-refractivity contribution in [2.75, 3.05) is 0 Å². The number of hydrogen-bond donors (Lipinski definition) is 0. The molecule has 0 bridgehead atoms. The topological polar surface area (TPSA) is 0 Å². The Bertz CT molecular complexity index is 746. The van der Waals surface area contributed by atoms with E-state index >= 15 is 0 Å². The standard InChI is InChI=1S/C11H16.2C10H14/c1-3-7-10(2)11-8-5-4-6-9-11;1-3-9(2)10-7-5-4-6-8-10;1-2-3-7-10-8-5-4-6-9-10/h4-6,8-10H,3,7H2,1-2H3;4-9H,3H2,1-2H3;4-6,8-9H,2-3,7H2,1H3. The molecule has 0 heterocycles. The van der Waals surface area contributed by atoms with Crippen molar-refractivity contribution in [1.29, 1.82) is 0 Å². The molecule has 0 nitrogen and oxygen atoms in total. The molecule has 2 unspecified atom stereocenters. The van der Waals surface area contributed by atoms with Crippen LogP contribution in [0.15, 0.2) is 91.0 Å². The summed E-state index contributed by atoms with van der Waals surface area (Å²) in [6.07, 6.45) is 7.63. The van der Waals surface area contributed by atoms with Gasteiger partial charge in [0.25, 0.3) is 0 Å². The molecule has 0 amide bonds. The molecule has 168 valence electrons. The highest BCUT2D eigenvalue weighted by molar-refractivity contribution is 5.19. The van der Waals surface area contributed by atoms with Crippen LogP contribution < -0.4 is 0 Å². The third kappa shape index (κ3) is 12.2. The number of aryl methyl sites for hydroxylation is 1. The van der Waals surface area contributed by atoms with Gasteiger partial charge in [-0.05, 0) is 54.2 Å². The fraction of sp³-hybridized carbons (Fsp3) is 0.419. The lowest BCUT2D eigenvalue weighted by Gasteiger charge is -2.08. The van der Waals surface area contributed by atoms with E-state index in [-0.39, 0.29) is 0 Å². The van der Waals surface area contributed by atoms with E-state index in [0.29, 0.717) is 5.92 Å². The van der Waals surface area contributed by atoms with E-state index in [1.807, 2.05) is 0 Å². The molecule has 0 N–H and O–H groups in total. The molecule has 3 rings (SSSR count). The predicted molar refractivity (Wildman–Crippen MR) is 140 cm³/mol. The van der Waals surface area contributed by atoms with Gasteiger partial charge in [0.1, 0.15) is 0 Å². The summed E-state index contributed by atoms with van der Waals surface area (Å²) in [5, 5.41) is 0. The highest BCUT2D eigenvalue weighted by Gasteiger charge is 2.01. The Labute approximate surface area is 192 Å². The molecule has 0 aliphatic rings. The summed E-state index contributed by atoms with van der Waals surface area (Å²) in [7, 11) is 0. The van der Waals surface area contributed by atoms with Gasteiger partial charge in [0.2, 0.25) is 0 Å². The summed E-state index contributed by atoms with van der Waals surface area (Å²) in [4.78, 5) is 0. The Morgan fingerprint density at radius 2 is 1.00 bits per heavy atom. The summed E-state index contributed by atoms with van der Waals surface area (Å²) in [5.74, 6) is 1.43. The second-order valence-corrected chi connectivity index (χ2v) is 8.41. The lowest BCUT2D eigenvalue weighted by Crippen LogP contribution is -1.91. The molecule has 0 spiro atoms. The van der Waals surface area contributed by atoms with Crippen LogP contribution in [-0.2, 0) is 6.42 Å². The van der Waals surface area contributed by atoms with Gasteiger partial charge in [-0.15, -0.1) is 0 Å². The molecule has 0 fully saturated rings. The molecule has 3 aromatic rings. The Kier molecular flexibility index (Phi) is 14.9. The van der Waals surface area contributed by atoms with Gasteiger partial charge in [-0.1, -0.05) is 138 Å². The molecule has 0 heteroatoms. The minimum atomic E-state index is 0.709. The minimum Gasteiger partial charge on any atom is -0.0654 e. The van der Waals surface area contributed by atoms with Gasteiger partial charge in [0.05, 0.1) is 0 Å². The zero-order valence-corrected chi connectivity index (χ0v) is 20.6. The maximum atomic E-state index is 2.29. The molecule has 3 aromatic carbocycles. The lowest BCUT2D eigenvalue weighted by molar-refractivity contribution is 0.665. The van der Waals surface area contributed by atoms with Crippen LogP contribution in [0.1, 0.15) is 95.2 Å². The van der Waals surface area contributed by atoms with Crippen molar-refractivity contribution < 1.29 is 0 Å². The maximum Gasteiger partial charge on any atom is -0.0190 e. The van der Waals surface area contributed by atoms with Crippen LogP contribution in [0.2, 0.25) is 0 Å². The average Bonchev–Trinajstić information content (AvgIpc) is 2.85. The van der Waals surface area contributed by atoms with Crippen molar-refractivity contribution in [3.8, 4) is 0 Å². The van der Waals surface area contributed by atoms with Gasteiger partial charge in [0, 0.05) is 0 Å². The molecule has 0 saturated carbocycles. The van der Waals surface area contributed by atoms with E-state index in [1.165, 1.54) is 55.2 Å². The fourth-order valence-corrected chi connectivity index (χ4v) is 3.42. The van der Waals surface area contributed by atoms with Gasteiger partial charge >= 0.3 is 0 Å². The van der Waals surface area contributed by atoms with Gasteiger partial charge in [-0.3, -0.25) is 0 Å². The molecule has 0 radical (unpaired) electrons. The zero-order valence-electron chi connectivity index (χ0n) is 20.6. The van der Waals surface area contributed by atoms with Crippen molar-refractivity contribution in [2.24, 2.45) is 0 Å². The fourth-order valence-electron chi connectivity index (χ4n) is 3.42. The quantitative estimate of drug-likeness (QED) is 0.343. The first kappa shape index (κ1) is 26.7. The molecular formula is C31H44. The van der Waals surface area contributed by atoms with Crippen molar-refractivity contribution in [3.05, 3.63) is 108 Å². The predicted octanol–water partition coefficient (Wildman–Crippen LogP) is 9.82. The highest BCUT2D eigenvalue weighted by Crippen LogP contribution is 2.19. The second kappa shape index (κ2) is 17.4. The maximum absolute atomic E-state index is 2.29. The normalized spacial score (nSPS) is 11.9. The van der Waals surface area contributed by atoms with Crippen LogP contribution in [0.3, 0.4) is 0 Å². The van der Waals surface area contributed by atoms with Crippen molar-refractivity contribution >= 4 is 0 Å². The Balaban J connectivity index is 0.000000233. The average molecular weight is 417 g/mol. The first-order valence-electron chi connectivity index (χ1n) is 12.3. The largest absolute Gasteiger partial charge is 0.0654 e. The van der Waals surface area contributed by atoms with Crippen LogP contribution in [0.4, 0.5) is 0 Å². The third-order valence-corrected chi connectivity index (χ3v) is 5.73. The van der Waals surface area contributed by atoms with Crippen LogP contribution >= 0.6 is 0 Å². The van der Waals surface area contributed by atoms with Gasteiger partial charge in [-0.25, -0.2) is 0 Å². The molecule has 0 saturated heterocycles. The number of benzene rings is 3. The van der Waals surface area contributed by atoms with E-state index in [1.54, 1.807) is 0 Å². The first-order valence-corrected chi connectivity index (χ1v) is 12.3. The van der Waals surface area contributed by atoms with E-state index in [2.05, 4.69) is 126 Å². The van der Waals surface area contributed by atoms with E-state index in [0.717, 1.165) is 5.92 Å². The molecule has 0 aliphatic heterocycles. The Morgan fingerprint density at radius 3 is 1.42 bits per heavy atom. The second-order valence-electron chi connectivity index (χ2n) is 8.41. The van der Waals surface area contributed by atoms with Gasteiger partial charge in [-0.2, -0.15) is 0 Å². The van der Waals surface area contributed by atoms with E-state index in [4.69, 9.17) is 0 Å². The van der Waals surface area contributed by atoms with Crippen molar-refractivity contribution in [3.63, 3.8) is 0 Å². The summed E-state index contributed by atoms with van der Waals surface area (Å²) in [6, 6.07) is 32.0. The zero-order chi connectivity index (χ0) is 22.7. The van der Waals surface area contributed by atoms with Crippen LogP contribution in [0.25, 0.3) is 0 Å². The molecule has 31 heavy (non-hydrogen) atoms. The molecule has 2 atom stereocenters. The third-order valence-electron chi connectivity index (χ3n) is 5.73. The van der Waals surface area contributed by atoms with Crippen molar-refractivity contribution in [2.45, 2.75) is 85.0 Å². The molecule has 0 aromatic heterocycles. The van der Waals surface area contributed by atoms with E-state index < -0.39 is 0 Å². The number of unbranched alkanes of at least 4 members (excludes halogenated alkanes) is 1. The SMILES string of the molecule is CCC(C)c1ccccc1.CCCC(C)c1ccccc1.CCCCc1ccccc1. The first-order chi connectivity index (χ1) is 15.1. The van der Waals surface area contributed by atoms with Gasteiger partial charge < -0.3 is 0 Å². The smallest absolute Gasteiger partial charge is 0.0190 e. The van der Waals surface area contributed by atoms with Crippen molar-refractivity contribution in [1.82, 2.24) is 0 Å². The summed E-state index contributed by atoms with van der Waals surface area (Å²) >= 11 is 0. The Hall–Kier alpha value is -2.34. The Morgan fingerprint density at radius 1 is 0.548 bits per heavy atom. The van der Waals surface area contributed by atoms with Crippen LogP contribution in [-0.4, -0.2) is 0 Å². The lowest BCUT2D eigenvalue weighted by atomic mass is 9.97. The highest BCUT2D eigenvalue weighted by atomic mass is 14.1.